The van der Waals surface area contributed by atoms with Crippen molar-refractivity contribution in [1.82, 2.24) is 9.38 Å². The van der Waals surface area contributed by atoms with Crippen molar-refractivity contribution in [3.05, 3.63) is 36.3 Å². The summed E-state index contributed by atoms with van der Waals surface area (Å²) < 4.78 is 13.4. The van der Waals surface area contributed by atoms with Crippen molar-refractivity contribution in [2.45, 2.75) is 70.9 Å². The summed E-state index contributed by atoms with van der Waals surface area (Å²) in [6, 6.07) is 5.85. The highest BCUT2D eigenvalue weighted by Gasteiger charge is 2.42. The highest BCUT2D eigenvalue weighted by Crippen LogP contribution is 2.57. The molecule has 0 amide bonds. The zero-order chi connectivity index (χ0) is 19.6. The van der Waals surface area contributed by atoms with Crippen LogP contribution in [-0.4, -0.2) is 36.0 Å². The first-order valence-electron chi connectivity index (χ1n) is 9.42. The second kappa shape index (κ2) is 10.8. The third kappa shape index (κ3) is 5.92. The molecule has 0 aliphatic rings. The number of imidazole rings is 1. The van der Waals surface area contributed by atoms with E-state index in [0.717, 1.165) is 30.6 Å². The van der Waals surface area contributed by atoms with E-state index in [1.54, 1.807) is 6.20 Å². The summed E-state index contributed by atoms with van der Waals surface area (Å²) in [5.41, 5.74) is 1.98. The molecule has 2 rings (SSSR count). The third-order valence-electron chi connectivity index (χ3n) is 5.04. The lowest BCUT2D eigenvalue weighted by molar-refractivity contribution is 0.297. The molecule has 3 N–H and O–H groups in total. The highest BCUT2D eigenvalue weighted by atomic mass is 31.2. The van der Waals surface area contributed by atoms with E-state index in [0.29, 0.717) is 25.7 Å². The van der Waals surface area contributed by atoms with Gasteiger partial charge in [0.1, 0.15) is 5.65 Å². The SMILES string of the molecule is CCCCCC(CC)(CC)P(=O)(O)O.OCCc1cnc2ccccn12. The van der Waals surface area contributed by atoms with Crippen LogP contribution in [0.3, 0.4) is 0 Å². The van der Waals surface area contributed by atoms with Crippen LogP contribution in [0.4, 0.5) is 0 Å². The fourth-order valence-corrected chi connectivity index (χ4v) is 4.42. The Balaban J connectivity index is 0.000000262. The monoisotopic (exact) mass is 384 g/mol. The van der Waals surface area contributed by atoms with Crippen LogP contribution in [-0.2, 0) is 11.0 Å². The van der Waals surface area contributed by atoms with E-state index in [-0.39, 0.29) is 6.61 Å². The lowest BCUT2D eigenvalue weighted by Crippen LogP contribution is -2.27. The van der Waals surface area contributed by atoms with Crippen molar-refractivity contribution >= 4 is 13.2 Å². The number of hydrogen-bond donors (Lipinski definition) is 3. The summed E-state index contributed by atoms with van der Waals surface area (Å²) in [5.74, 6) is 0. The topological polar surface area (TPSA) is 95.1 Å². The highest BCUT2D eigenvalue weighted by molar-refractivity contribution is 7.53. The van der Waals surface area contributed by atoms with Gasteiger partial charge in [-0.05, 0) is 31.4 Å². The van der Waals surface area contributed by atoms with Crippen molar-refractivity contribution in [2.24, 2.45) is 0 Å². The molecular weight excluding hydrogens is 351 g/mol. The van der Waals surface area contributed by atoms with Crippen LogP contribution < -0.4 is 0 Å². The minimum atomic E-state index is -3.95. The Bertz CT molecular complexity index is 692. The standard InChI is InChI=1S/C10H23O3P.C9H10N2O/c1-4-7-8-9-10(5-2,6-3)14(11,12)13;12-6-4-8-7-10-9-3-1-2-5-11(8)9/h4-9H2,1-3H3,(H2,11,12,13);1-3,5,7,12H,4,6H2. The van der Waals surface area contributed by atoms with Gasteiger partial charge in [0.25, 0.3) is 0 Å². The summed E-state index contributed by atoms with van der Waals surface area (Å²) in [5, 5.41) is 7.99. The quantitative estimate of drug-likeness (QED) is 0.445. The summed E-state index contributed by atoms with van der Waals surface area (Å²) >= 11 is 0. The summed E-state index contributed by atoms with van der Waals surface area (Å²) in [4.78, 5) is 22.9. The number of rotatable bonds is 9. The second-order valence-electron chi connectivity index (χ2n) is 6.58. The molecule has 0 unspecified atom stereocenters. The molecule has 2 aromatic rings. The predicted octanol–water partition coefficient (Wildman–Crippen LogP) is 4.17. The normalized spacial score (nSPS) is 12.1. The minimum Gasteiger partial charge on any atom is -0.396 e. The first kappa shape index (κ1) is 22.8. The molecule has 7 heteroatoms. The van der Waals surface area contributed by atoms with Gasteiger partial charge in [0.05, 0.1) is 5.16 Å². The van der Waals surface area contributed by atoms with Gasteiger partial charge in [-0.25, -0.2) is 4.98 Å². The van der Waals surface area contributed by atoms with Crippen LogP contribution >= 0.6 is 7.60 Å². The molecule has 2 heterocycles. The van der Waals surface area contributed by atoms with E-state index in [1.165, 1.54) is 0 Å². The van der Waals surface area contributed by atoms with E-state index >= 15 is 0 Å². The molecule has 2 aromatic heterocycles. The van der Waals surface area contributed by atoms with Crippen LogP contribution in [0.2, 0.25) is 0 Å². The van der Waals surface area contributed by atoms with E-state index in [2.05, 4.69) is 11.9 Å². The molecule has 0 fully saturated rings. The maximum atomic E-state index is 11.4. The fourth-order valence-electron chi connectivity index (χ4n) is 3.15. The molecule has 26 heavy (non-hydrogen) atoms. The molecule has 6 nitrogen and oxygen atoms in total. The number of nitrogens with zero attached hydrogens (tertiary/aromatic N) is 2. The first-order valence-corrected chi connectivity index (χ1v) is 11.0. The molecule has 0 aliphatic heterocycles. The Kier molecular flexibility index (Phi) is 9.51. The van der Waals surface area contributed by atoms with Crippen LogP contribution in [0.25, 0.3) is 5.65 Å². The Morgan fingerprint density at radius 3 is 2.38 bits per heavy atom. The Morgan fingerprint density at radius 1 is 1.15 bits per heavy atom. The molecule has 0 atom stereocenters. The van der Waals surface area contributed by atoms with Gasteiger partial charge in [-0.1, -0.05) is 46.1 Å². The van der Waals surface area contributed by atoms with Gasteiger partial charge in [-0.2, -0.15) is 0 Å². The van der Waals surface area contributed by atoms with Gasteiger partial charge >= 0.3 is 7.60 Å². The lowest BCUT2D eigenvalue weighted by atomic mass is 9.95. The molecule has 0 saturated heterocycles. The zero-order valence-electron chi connectivity index (χ0n) is 16.1. The number of pyridine rings is 1. The summed E-state index contributed by atoms with van der Waals surface area (Å²) in [6.45, 7) is 6.00. The number of hydrogen-bond acceptors (Lipinski definition) is 3. The fraction of sp³-hybridized carbons (Fsp3) is 0.632. The maximum Gasteiger partial charge on any atom is 0.331 e. The summed E-state index contributed by atoms with van der Waals surface area (Å²) in [7, 11) is -3.95. The molecule has 0 radical (unpaired) electrons. The van der Waals surface area contributed by atoms with Crippen LogP contribution in [0.1, 0.15) is 65.0 Å². The summed E-state index contributed by atoms with van der Waals surface area (Å²) in [6.07, 6.45) is 9.26. The van der Waals surface area contributed by atoms with Gasteiger partial charge in [-0.15, -0.1) is 0 Å². The van der Waals surface area contributed by atoms with E-state index in [1.807, 2.05) is 42.6 Å². The average Bonchev–Trinajstić information content (AvgIpc) is 3.02. The van der Waals surface area contributed by atoms with Crippen LogP contribution in [0.5, 0.6) is 0 Å². The second-order valence-corrected chi connectivity index (χ2v) is 8.62. The van der Waals surface area contributed by atoms with Crippen LogP contribution in [0, 0.1) is 0 Å². The van der Waals surface area contributed by atoms with Gasteiger partial charge in [0.2, 0.25) is 0 Å². The third-order valence-corrected chi connectivity index (χ3v) is 7.13. The van der Waals surface area contributed by atoms with Crippen molar-refractivity contribution in [3.63, 3.8) is 0 Å². The minimum absolute atomic E-state index is 0.169. The molecule has 0 spiro atoms. The Hall–Kier alpha value is -1.20. The number of unbranched alkanes of at least 4 members (excludes halogenated alkanes) is 2. The van der Waals surface area contributed by atoms with Gasteiger partial charge in [0.15, 0.2) is 0 Å². The Labute approximate surface area is 156 Å². The van der Waals surface area contributed by atoms with E-state index in [4.69, 9.17) is 5.11 Å². The van der Waals surface area contributed by atoms with Gasteiger partial charge < -0.3 is 19.3 Å². The molecule has 0 aromatic carbocycles. The molecular formula is C19H33N2O4P. The van der Waals surface area contributed by atoms with Crippen molar-refractivity contribution in [2.75, 3.05) is 6.61 Å². The largest absolute Gasteiger partial charge is 0.396 e. The molecule has 0 saturated carbocycles. The molecule has 0 aliphatic carbocycles. The number of fused-ring (bicyclic) bond motifs is 1. The van der Waals surface area contributed by atoms with E-state index in [9.17, 15) is 14.4 Å². The van der Waals surface area contributed by atoms with Crippen LogP contribution in [0.15, 0.2) is 30.6 Å². The first-order chi connectivity index (χ1) is 12.3. The maximum absolute atomic E-state index is 11.4. The van der Waals surface area contributed by atoms with E-state index < -0.39 is 12.8 Å². The average molecular weight is 384 g/mol. The van der Waals surface area contributed by atoms with Crippen molar-refractivity contribution in [1.29, 1.82) is 0 Å². The van der Waals surface area contributed by atoms with Crippen molar-refractivity contribution in [3.8, 4) is 0 Å². The number of aliphatic hydroxyl groups is 1. The van der Waals surface area contributed by atoms with Gasteiger partial charge in [0, 0.05) is 31.1 Å². The number of aliphatic hydroxyl groups excluding tert-OH is 1. The lowest BCUT2D eigenvalue weighted by Gasteiger charge is -2.32. The molecule has 148 valence electrons. The molecule has 0 bridgehead atoms. The van der Waals surface area contributed by atoms with Crippen molar-refractivity contribution < 1.29 is 19.5 Å². The number of aromatic nitrogens is 2. The smallest absolute Gasteiger partial charge is 0.331 e. The zero-order valence-corrected chi connectivity index (χ0v) is 17.0. The van der Waals surface area contributed by atoms with Gasteiger partial charge in [-0.3, -0.25) is 4.57 Å². The Morgan fingerprint density at radius 2 is 1.85 bits per heavy atom. The predicted molar refractivity (Wildman–Crippen MR) is 105 cm³/mol.